The number of hydrogen-bond donors (Lipinski definition) is 1. The molecule has 2 aromatic heterocycles. The molecule has 10 heteroatoms. The van der Waals surface area contributed by atoms with Gasteiger partial charge in [-0.15, -0.1) is 0 Å². The van der Waals surface area contributed by atoms with Crippen LogP contribution in [-0.4, -0.2) is 52.2 Å². The van der Waals surface area contributed by atoms with Crippen molar-refractivity contribution in [3.05, 3.63) is 64.2 Å². The molecule has 7 nitrogen and oxygen atoms in total. The molecule has 1 amide bonds. The number of anilines is 1. The van der Waals surface area contributed by atoms with Gasteiger partial charge in [0, 0.05) is 37.8 Å². The normalized spacial score (nSPS) is 15.3. The molecule has 1 aliphatic rings. The maximum atomic E-state index is 13.1. The number of fused-ring (bicyclic) bond motifs is 1. The minimum atomic E-state index is -4.43. The number of carbonyl (C=O) groups excluding carboxylic acids is 1. The Morgan fingerprint density at radius 2 is 1.77 bits per heavy atom. The molecule has 1 fully saturated rings. The number of rotatable bonds is 2. The van der Waals surface area contributed by atoms with Gasteiger partial charge < -0.3 is 9.80 Å². The third-order valence-corrected chi connectivity index (χ3v) is 5.08. The van der Waals surface area contributed by atoms with Crippen LogP contribution in [-0.2, 0) is 6.18 Å². The number of alkyl halides is 3. The summed E-state index contributed by atoms with van der Waals surface area (Å²) in [7, 11) is 0. The van der Waals surface area contributed by atoms with E-state index in [1.807, 2.05) is 4.90 Å². The van der Waals surface area contributed by atoms with Crippen molar-refractivity contribution >= 4 is 22.5 Å². The van der Waals surface area contributed by atoms with E-state index in [4.69, 9.17) is 0 Å². The predicted molar refractivity (Wildman–Crippen MR) is 104 cm³/mol. The van der Waals surface area contributed by atoms with Crippen LogP contribution < -0.4 is 10.5 Å². The Kier molecular flexibility index (Phi) is 5.15. The van der Waals surface area contributed by atoms with Gasteiger partial charge in [0.25, 0.3) is 11.5 Å². The lowest BCUT2D eigenvalue weighted by molar-refractivity contribution is -0.137. The van der Waals surface area contributed by atoms with Crippen molar-refractivity contribution in [2.75, 3.05) is 31.1 Å². The Morgan fingerprint density at radius 3 is 2.47 bits per heavy atom. The van der Waals surface area contributed by atoms with Gasteiger partial charge in [-0.25, -0.2) is 10.1 Å². The van der Waals surface area contributed by atoms with E-state index in [-0.39, 0.29) is 17.2 Å². The number of pyridine rings is 1. The molecule has 30 heavy (non-hydrogen) atoms. The molecule has 0 saturated carbocycles. The summed E-state index contributed by atoms with van der Waals surface area (Å²) in [4.78, 5) is 32.4. The topological polar surface area (TPSA) is 82.2 Å². The summed E-state index contributed by atoms with van der Waals surface area (Å²) >= 11 is 0. The Morgan fingerprint density at radius 1 is 1.00 bits per heavy atom. The van der Waals surface area contributed by atoms with Crippen LogP contribution in [0.3, 0.4) is 0 Å². The second kappa shape index (κ2) is 7.77. The van der Waals surface area contributed by atoms with Crippen LogP contribution in [0.2, 0.25) is 0 Å². The first-order valence-electron chi connectivity index (χ1n) is 9.39. The quantitative estimate of drug-likeness (QED) is 0.693. The largest absolute Gasteiger partial charge is 0.417 e. The molecule has 1 N–H and O–H groups in total. The Hall–Kier alpha value is -3.43. The van der Waals surface area contributed by atoms with Gasteiger partial charge in [-0.2, -0.15) is 18.3 Å². The summed E-state index contributed by atoms with van der Waals surface area (Å²) in [5.41, 5.74) is -0.988. The summed E-state index contributed by atoms with van der Waals surface area (Å²) in [6, 6.07) is 9.12. The molecular weight excluding hydrogens is 399 g/mol. The zero-order chi connectivity index (χ0) is 21.3. The number of aromatic nitrogens is 3. The van der Waals surface area contributed by atoms with Gasteiger partial charge in [0.2, 0.25) is 0 Å². The first-order valence-corrected chi connectivity index (χ1v) is 9.39. The predicted octanol–water partition coefficient (Wildman–Crippen LogP) is 2.69. The number of nitrogens with zero attached hydrogens (tertiary/aromatic N) is 4. The SMILES string of the molecule is O=C(c1n[nH]c(=O)c2ccccc12)N1CCCN(c2ccc(C(F)(F)F)cn2)CC1. The molecule has 1 aromatic carbocycles. The highest BCUT2D eigenvalue weighted by Gasteiger charge is 2.31. The van der Waals surface area contributed by atoms with Crippen molar-refractivity contribution in [3.8, 4) is 0 Å². The average molecular weight is 417 g/mol. The van der Waals surface area contributed by atoms with Crippen molar-refractivity contribution < 1.29 is 18.0 Å². The summed E-state index contributed by atoms with van der Waals surface area (Å²) in [5, 5.41) is 7.20. The number of aromatic amines is 1. The maximum absolute atomic E-state index is 13.1. The first-order chi connectivity index (χ1) is 14.3. The second-order valence-corrected chi connectivity index (χ2v) is 6.98. The van der Waals surface area contributed by atoms with Gasteiger partial charge >= 0.3 is 6.18 Å². The first kappa shape index (κ1) is 19.9. The van der Waals surface area contributed by atoms with Crippen LogP contribution in [0, 0.1) is 0 Å². The lowest BCUT2D eigenvalue weighted by Gasteiger charge is -2.23. The molecule has 0 aliphatic carbocycles. The van der Waals surface area contributed by atoms with Crippen LogP contribution in [0.15, 0.2) is 47.4 Å². The summed E-state index contributed by atoms with van der Waals surface area (Å²) < 4.78 is 38.2. The molecule has 0 bridgehead atoms. The fourth-order valence-electron chi connectivity index (χ4n) is 3.52. The minimum absolute atomic E-state index is 0.173. The number of halogens is 3. The van der Waals surface area contributed by atoms with Crippen LogP contribution in [0.25, 0.3) is 10.8 Å². The molecule has 0 radical (unpaired) electrons. The van der Waals surface area contributed by atoms with Crippen LogP contribution >= 0.6 is 0 Å². The van der Waals surface area contributed by atoms with Gasteiger partial charge in [0.15, 0.2) is 5.69 Å². The van der Waals surface area contributed by atoms with E-state index in [2.05, 4.69) is 15.2 Å². The van der Waals surface area contributed by atoms with E-state index in [1.54, 1.807) is 29.2 Å². The van der Waals surface area contributed by atoms with Crippen molar-refractivity contribution in [2.24, 2.45) is 0 Å². The van der Waals surface area contributed by atoms with Crippen LogP contribution in [0.5, 0.6) is 0 Å². The van der Waals surface area contributed by atoms with Crippen molar-refractivity contribution in [3.63, 3.8) is 0 Å². The number of nitrogens with one attached hydrogen (secondary N) is 1. The van der Waals surface area contributed by atoms with Gasteiger partial charge in [-0.1, -0.05) is 18.2 Å². The van der Waals surface area contributed by atoms with Gasteiger partial charge in [-0.05, 0) is 24.6 Å². The molecule has 156 valence electrons. The smallest absolute Gasteiger partial charge is 0.355 e. The number of amides is 1. The van der Waals surface area contributed by atoms with E-state index < -0.39 is 11.7 Å². The number of carbonyl (C=O) groups is 1. The molecule has 1 saturated heterocycles. The third-order valence-electron chi connectivity index (χ3n) is 5.08. The lowest BCUT2D eigenvalue weighted by atomic mass is 10.1. The number of H-pyrrole nitrogens is 1. The highest BCUT2D eigenvalue weighted by Crippen LogP contribution is 2.29. The molecule has 4 rings (SSSR count). The van der Waals surface area contributed by atoms with E-state index >= 15 is 0 Å². The van der Waals surface area contributed by atoms with E-state index in [0.29, 0.717) is 49.2 Å². The Bertz CT molecular complexity index is 1130. The van der Waals surface area contributed by atoms with Crippen molar-refractivity contribution in [2.45, 2.75) is 12.6 Å². The second-order valence-electron chi connectivity index (χ2n) is 6.98. The monoisotopic (exact) mass is 417 g/mol. The highest BCUT2D eigenvalue weighted by molar-refractivity contribution is 6.04. The molecule has 0 spiro atoms. The number of benzene rings is 1. The molecular formula is C20H18F3N5O2. The molecule has 3 heterocycles. The van der Waals surface area contributed by atoms with Crippen LogP contribution in [0.4, 0.5) is 19.0 Å². The Balaban J connectivity index is 1.52. The van der Waals surface area contributed by atoms with E-state index in [0.717, 1.165) is 12.3 Å². The fourth-order valence-corrected chi connectivity index (χ4v) is 3.52. The highest BCUT2D eigenvalue weighted by atomic mass is 19.4. The maximum Gasteiger partial charge on any atom is 0.417 e. The van der Waals surface area contributed by atoms with Gasteiger partial charge in [0.1, 0.15) is 5.82 Å². The summed E-state index contributed by atoms with van der Waals surface area (Å²) in [6.45, 7) is 1.80. The van der Waals surface area contributed by atoms with Gasteiger partial charge in [0.05, 0.1) is 10.9 Å². The number of hydrogen-bond acceptors (Lipinski definition) is 5. The summed E-state index contributed by atoms with van der Waals surface area (Å²) in [6.07, 6.45) is -2.99. The van der Waals surface area contributed by atoms with Crippen molar-refractivity contribution in [1.29, 1.82) is 0 Å². The molecule has 3 aromatic rings. The summed E-state index contributed by atoms with van der Waals surface area (Å²) in [5.74, 6) is 0.134. The average Bonchev–Trinajstić information content (AvgIpc) is 3.00. The van der Waals surface area contributed by atoms with E-state index in [1.165, 1.54) is 6.07 Å². The molecule has 1 aliphatic heterocycles. The third kappa shape index (κ3) is 3.85. The zero-order valence-corrected chi connectivity index (χ0v) is 15.8. The molecule has 0 unspecified atom stereocenters. The fraction of sp³-hybridized carbons (Fsp3) is 0.300. The van der Waals surface area contributed by atoms with E-state index in [9.17, 15) is 22.8 Å². The van der Waals surface area contributed by atoms with Gasteiger partial charge in [-0.3, -0.25) is 9.59 Å². The lowest BCUT2D eigenvalue weighted by Crippen LogP contribution is -2.36. The standard InChI is InChI=1S/C20H18F3N5O2/c21-20(22,23)13-6-7-16(24-12-13)27-8-3-9-28(11-10-27)19(30)17-14-4-1-2-5-15(14)18(29)26-25-17/h1-2,4-7,12H,3,8-11H2,(H,26,29). The Labute approximate surface area is 169 Å². The minimum Gasteiger partial charge on any atom is -0.355 e. The zero-order valence-electron chi connectivity index (χ0n) is 15.8. The van der Waals surface area contributed by atoms with Crippen LogP contribution in [0.1, 0.15) is 22.5 Å². The van der Waals surface area contributed by atoms with Crippen molar-refractivity contribution in [1.82, 2.24) is 20.1 Å². The molecule has 0 atom stereocenters.